The quantitative estimate of drug-likeness (QED) is 0.519. The third kappa shape index (κ3) is 3.19. The number of methoxy groups -OCH3 is 1. The topological polar surface area (TPSA) is 90.2 Å². The fraction of sp³-hybridized carbons (Fsp3) is 0.231. The number of anilines is 1. The molecule has 110 valence electrons. The van der Waals surface area contributed by atoms with Crippen LogP contribution >= 0.6 is 11.6 Å². The Morgan fingerprint density at radius 2 is 2.19 bits per heavy atom. The van der Waals surface area contributed by atoms with Gasteiger partial charge in [-0.2, -0.15) is 0 Å². The van der Waals surface area contributed by atoms with Crippen LogP contribution in [0.5, 0.6) is 5.75 Å². The van der Waals surface area contributed by atoms with E-state index in [1.165, 1.54) is 19.5 Å². The first-order valence-corrected chi connectivity index (χ1v) is 6.43. The van der Waals surface area contributed by atoms with Crippen molar-refractivity contribution in [2.24, 2.45) is 0 Å². The van der Waals surface area contributed by atoms with E-state index in [9.17, 15) is 10.1 Å². The van der Waals surface area contributed by atoms with Crippen LogP contribution in [-0.2, 0) is 6.54 Å². The summed E-state index contributed by atoms with van der Waals surface area (Å²) in [7, 11) is 1.47. The number of aromatic nitrogens is 2. The fourth-order valence-corrected chi connectivity index (χ4v) is 2.11. The third-order valence-electron chi connectivity index (χ3n) is 3.02. The van der Waals surface area contributed by atoms with Crippen LogP contribution in [0.1, 0.15) is 11.1 Å². The van der Waals surface area contributed by atoms with E-state index >= 15 is 0 Å². The maximum Gasteiger partial charge on any atom is 0.272 e. The van der Waals surface area contributed by atoms with Crippen LogP contribution in [0.2, 0.25) is 5.15 Å². The van der Waals surface area contributed by atoms with Gasteiger partial charge >= 0.3 is 0 Å². The molecule has 7 nitrogen and oxygen atoms in total. The van der Waals surface area contributed by atoms with Crippen LogP contribution in [0.4, 0.5) is 11.5 Å². The number of benzene rings is 1. The Labute approximate surface area is 126 Å². The lowest BCUT2D eigenvalue weighted by molar-refractivity contribution is -0.385. The van der Waals surface area contributed by atoms with Gasteiger partial charge in [-0.05, 0) is 12.5 Å². The van der Waals surface area contributed by atoms with E-state index in [2.05, 4.69) is 15.3 Å². The standard InChI is InChI=1S/C13H13ClN4O3/c1-8-9(4-3-5-10(8)18(19)20)6-15-13-11(21-2)12(14)16-7-17-13/h3-5,7H,6H2,1-2H3,(H,15,16,17). The summed E-state index contributed by atoms with van der Waals surface area (Å²) < 4.78 is 5.13. The monoisotopic (exact) mass is 308 g/mol. The molecule has 21 heavy (non-hydrogen) atoms. The molecule has 1 aromatic carbocycles. The Hall–Kier alpha value is -2.41. The lowest BCUT2D eigenvalue weighted by Gasteiger charge is -2.11. The SMILES string of the molecule is COc1c(Cl)ncnc1NCc1cccc([N+](=O)[O-])c1C. The summed E-state index contributed by atoms with van der Waals surface area (Å²) in [5, 5.41) is 14.2. The summed E-state index contributed by atoms with van der Waals surface area (Å²) in [6.07, 6.45) is 1.31. The highest BCUT2D eigenvalue weighted by Crippen LogP contribution is 2.29. The molecular formula is C13H13ClN4O3. The smallest absolute Gasteiger partial charge is 0.272 e. The number of nitrogens with zero attached hydrogens (tertiary/aromatic N) is 3. The van der Waals surface area contributed by atoms with Crippen molar-refractivity contribution in [1.29, 1.82) is 0 Å². The Bertz CT molecular complexity index is 678. The first kappa shape index (κ1) is 15.0. The molecule has 0 spiro atoms. The van der Waals surface area contributed by atoms with Gasteiger partial charge in [0.25, 0.3) is 5.69 Å². The molecule has 0 aliphatic rings. The number of ether oxygens (including phenoxy) is 1. The molecule has 0 aliphatic heterocycles. The van der Waals surface area contributed by atoms with Crippen molar-refractivity contribution >= 4 is 23.1 Å². The molecule has 0 saturated heterocycles. The van der Waals surface area contributed by atoms with Crippen molar-refractivity contribution in [3.05, 3.63) is 50.9 Å². The molecule has 2 aromatic rings. The van der Waals surface area contributed by atoms with Gasteiger partial charge in [0, 0.05) is 18.2 Å². The van der Waals surface area contributed by atoms with Gasteiger partial charge in [0.05, 0.1) is 12.0 Å². The molecule has 8 heteroatoms. The van der Waals surface area contributed by atoms with E-state index in [0.29, 0.717) is 23.7 Å². The maximum atomic E-state index is 10.9. The van der Waals surface area contributed by atoms with Gasteiger partial charge in [-0.3, -0.25) is 10.1 Å². The van der Waals surface area contributed by atoms with E-state index in [1.54, 1.807) is 13.0 Å². The maximum absolute atomic E-state index is 10.9. The van der Waals surface area contributed by atoms with E-state index < -0.39 is 4.92 Å². The lowest BCUT2D eigenvalue weighted by Crippen LogP contribution is -2.06. The summed E-state index contributed by atoms with van der Waals surface area (Å²) >= 11 is 5.90. The van der Waals surface area contributed by atoms with E-state index in [1.807, 2.05) is 6.07 Å². The molecule has 0 atom stereocenters. The van der Waals surface area contributed by atoms with Crippen molar-refractivity contribution in [1.82, 2.24) is 9.97 Å². The average molecular weight is 309 g/mol. The number of nitro groups is 1. The second kappa shape index (κ2) is 6.36. The van der Waals surface area contributed by atoms with Gasteiger partial charge < -0.3 is 10.1 Å². The third-order valence-corrected chi connectivity index (χ3v) is 3.29. The van der Waals surface area contributed by atoms with Crippen molar-refractivity contribution in [3.8, 4) is 5.75 Å². The zero-order valence-corrected chi connectivity index (χ0v) is 12.2. The minimum absolute atomic E-state index is 0.0852. The fourth-order valence-electron chi connectivity index (χ4n) is 1.90. The Kier molecular flexibility index (Phi) is 4.54. The first-order chi connectivity index (χ1) is 10.0. The van der Waals surface area contributed by atoms with Crippen molar-refractivity contribution < 1.29 is 9.66 Å². The number of halogens is 1. The van der Waals surface area contributed by atoms with Gasteiger partial charge in [0.2, 0.25) is 0 Å². The lowest BCUT2D eigenvalue weighted by atomic mass is 10.1. The summed E-state index contributed by atoms with van der Waals surface area (Å²) in [6.45, 7) is 2.07. The molecule has 2 rings (SSSR count). The van der Waals surface area contributed by atoms with Crippen molar-refractivity contribution in [2.45, 2.75) is 13.5 Å². The van der Waals surface area contributed by atoms with Crippen LogP contribution in [0.25, 0.3) is 0 Å². The molecule has 0 saturated carbocycles. The highest BCUT2D eigenvalue weighted by molar-refractivity contribution is 6.31. The van der Waals surface area contributed by atoms with Crippen LogP contribution in [0, 0.1) is 17.0 Å². The molecule has 0 bridgehead atoms. The molecule has 0 amide bonds. The van der Waals surface area contributed by atoms with E-state index in [4.69, 9.17) is 16.3 Å². The van der Waals surface area contributed by atoms with Crippen LogP contribution < -0.4 is 10.1 Å². The number of nitro benzene ring substituents is 1. The Balaban J connectivity index is 2.23. The largest absolute Gasteiger partial charge is 0.490 e. The number of hydrogen-bond donors (Lipinski definition) is 1. The molecule has 1 aromatic heterocycles. The summed E-state index contributed by atoms with van der Waals surface area (Å²) in [5.41, 5.74) is 1.48. The minimum Gasteiger partial charge on any atom is -0.490 e. The molecule has 0 unspecified atom stereocenters. The predicted octanol–water partition coefficient (Wildman–Crippen LogP) is 2.97. The average Bonchev–Trinajstić information content (AvgIpc) is 2.46. The van der Waals surface area contributed by atoms with Crippen molar-refractivity contribution in [3.63, 3.8) is 0 Å². The molecule has 0 fully saturated rings. The number of hydrogen-bond acceptors (Lipinski definition) is 6. The zero-order valence-electron chi connectivity index (χ0n) is 11.5. The number of rotatable bonds is 5. The molecule has 1 heterocycles. The van der Waals surface area contributed by atoms with Gasteiger partial charge in [0.15, 0.2) is 16.7 Å². The summed E-state index contributed by atoms with van der Waals surface area (Å²) in [5.74, 6) is 0.769. The van der Waals surface area contributed by atoms with Crippen LogP contribution in [0.3, 0.4) is 0 Å². The normalized spacial score (nSPS) is 10.2. The van der Waals surface area contributed by atoms with Gasteiger partial charge in [-0.1, -0.05) is 23.7 Å². The van der Waals surface area contributed by atoms with Crippen LogP contribution in [0.15, 0.2) is 24.5 Å². The minimum atomic E-state index is -0.402. The zero-order chi connectivity index (χ0) is 15.4. The van der Waals surface area contributed by atoms with Gasteiger partial charge in [0.1, 0.15) is 6.33 Å². The summed E-state index contributed by atoms with van der Waals surface area (Å²) in [6, 6.07) is 4.93. The second-order valence-corrected chi connectivity index (χ2v) is 4.58. The van der Waals surface area contributed by atoms with Gasteiger partial charge in [-0.25, -0.2) is 9.97 Å². The molecule has 0 radical (unpaired) electrons. The Morgan fingerprint density at radius 3 is 2.86 bits per heavy atom. The summed E-state index contributed by atoms with van der Waals surface area (Å²) in [4.78, 5) is 18.4. The highest BCUT2D eigenvalue weighted by atomic mass is 35.5. The van der Waals surface area contributed by atoms with Crippen LogP contribution in [-0.4, -0.2) is 22.0 Å². The highest BCUT2D eigenvalue weighted by Gasteiger charge is 2.14. The molecule has 1 N–H and O–H groups in total. The number of nitrogens with one attached hydrogen (secondary N) is 1. The molecule has 0 aliphatic carbocycles. The van der Waals surface area contributed by atoms with Crippen molar-refractivity contribution in [2.75, 3.05) is 12.4 Å². The Morgan fingerprint density at radius 1 is 1.43 bits per heavy atom. The molecular weight excluding hydrogens is 296 g/mol. The van der Waals surface area contributed by atoms with E-state index in [-0.39, 0.29) is 10.8 Å². The van der Waals surface area contributed by atoms with E-state index in [0.717, 1.165) is 5.56 Å². The predicted molar refractivity (Wildman–Crippen MR) is 78.8 cm³/mol. The van der Waals surface area contributed by atoms with Gasteiger partial charge in [-0.15, -0.1) is 0 Å². The first-order valence-electron chi connectivity index (χ1n) is 6.05. The second-order valence-electron chi connectivity index (χ2n) is 4.22.